The molecule has 0 radical (unpaired) electrons. The first kappa shape index (κ1) is 24.7. The number of rotatable bonds is 4. The second kappa shape index (κ2) is 9.05. The summed E-state index contributed by atoms with van der Waals surface area (Å²) in [5.74, 6) is -2.35. The Morgan fingerprint density at radius 2 is 2.00 bits per heavy atom. The Morgan fingerprint density at radius 1 is 1.42 bits per heavy atom. The maximum absolute atomic E-state index is 11.9. The van der Waals surface area contributed by atoms with Crippen LogP contribution in [-0.4, -0.2) is 114 Å². The van der Waals surface area contributed by atoms with Crippen molar-refractivity contribution in [3.8, 4) is 0 Å². The zero-order chi connectivity index (χ0) is 16.7. The number of aromatic amines is 1. The van der Waals surface area contributed by atoms with Gasteiger partial charge < -0.3 is 29.5 Å². The van der Waals surface area contributed by atoms with Crippen molar-refractivity contribution in [1.29, 1.82) is 0 Å². The molecule has 1 aliphatic heterocycles. The number of aliphatic hydroxyl groups excluding tert-OH is 2. The van der Waals surface area contributed by atoms with E-state index in [2.05, 4.69) is 0 Å². The summed E-state index contributed by atoms with van der Waals surface area (Å²) in [5.41, 5.74) is -1.65. The van der Waals surface area contributed by atoms with Gasteiger partial charge in [-0.15, -0.1) is 0 Å². The van der Waals surface area contributed by atoms with Gasteiger partial charge in [-0.25, -0.2) is 9.36 Å². The number of nitrogens with one attached hydrogen (secondary N) is 1. The number of aryl methyl sites for hydroxylation is 1. The molecule has 11 nitrogen and oxygen atoms in total. The van der Waals surface area contributed by atoms with Crippen LogP contribution < -0.4 is 11.2 Å². The van der Waals surface area contributed by atoms with Gasteiger partial charge in [0.1, 0.15) is 6.10 Å². The molecule has 0 aliphatic carbocycles. The molecule has 5 N–H and O–H groups in total. The third kappa shape index (κ3) is 5.10. The van der Waals surface area contributed by atoms with Crippen molar-refractivity contribution in [2.45, 2.75) is 25.0 Å². The Labute approximate surface area is 179 Å². The quantitative estimate of drug-likeness (QED) is 0.256. The predicted molar refractivity (Wildman–Crippen MR) is 84.3 cm³/mol. The molecule has 0 amide bonds. The number of aromatic nitrogens is 2. The van der Waals surface area contributed by atoms with E-state index < -0.39 is 49.9 Å². The molecule has 0 bridgehead atoms. The van der Waals surface area contributed by atoms with E-state index in [1.807, 2.05) is 4.98 Å². The Morgan fingerprint density at radius 3 is 2.46 bits per heavy atom. The third-order valence-electron chi connectivity index (χ3n) is 3.09. The zero-order valence-electron chi connectivity index (χ0n) is 11.4. The van der Waals surface area contributed by atoms with Gasteiger partial charge in [0.05, 0.1) is 6.61 Å². The fourth-order valence-corrected chi connectivity index (χ4v) is 2.36. The molecular formula is C10H17N2Na2O9P. The summed E-state index contributed by atoms with van der Waals surface area (Å²) in [6.07, 6.45) is -3.42. The van der Waals surface area contributed by atoms with Crippen LogP contribution >= 0.6 is 7.60 Å². The van der Waals surface area contributed by atoms with Crippen LogP contribution in [0.1, 0.15) is 5.56 Å². The first-order valence-electron chi connectivity index (χ1n) is 6.08. The predicted octanol–water partition coefficient (Wildman–Crippen LogP) is -3.94. The molecule has 1 fully saturated rings. The van der Waals surface area contributed by atoms with E-state index in [9.17, 15) is 24.4 Å². The molecule has 1 aromatic rings. The van der Waals surface area contributed by atoms with Crippen molar-refractivity contribution >= 4 is 66.7 Å². The van der Waals surface area contributed by atoms with Gasteiger partial charge in [0.2, 0.25) is 0 Å². The van der Waals surface area contributed by atoms with Gasteiger partial charge in [-0.1, -0.05) is 0 Å². The third-order valence-corrected chi connectivity index (χ3v) is 3.56. The van der Waals surface area contributed by atoms with Gasteiger partial charge in [-0.05, 0) is 6.92 Å². The first-order chi connectivity index (χ1) is 10.1. The minimum absolute atomic E-state index is 0. The van der Waals surface area contributed by atoms with E-state index in [0.717, 1.165) is 6.20 Å². The Kier molecular flexibility index (Phi) is 9.30. The Bertz CT molecular complexity index is 732. The van der Waals surface area contributed by atoms with Crippen LogP contribution in [0.25, 0.3) is 0 Å². The minimum atomic E-state index is -4.65. The molecule has 14 heteroatoms. The summed E-state index contributed by atoms with van der Waals surface area (Å²) < 4.78 is 21.7. The van der Waals surface area contributed by atoms with Gasteiger partial charge in [0.25, 0.3) is 11.5 Å². The number of nitrogens with zero attached hydrogens (tertiary/aromatic N) is 1. The normalized spacial score (nSPS) is 26.5. The fraction of sp³-hybridized carbons (Fsp3) is 0.600. The summed E-state index contributed by atoms with van der Waals surface area (Å²) in [6.45, 7) is 0.927. The molecular weight excluding hydrogens is 369 g/mol. The van der Waals surface area contributed by atoms with E-state index in [0.29, 0.717) is 4.57 Å². The molecule has 1 saturated heterocycles. The van der Waals surface area contributed by atoms with Crippen LogP contribution in [0.4, 0.5) is 0 Å². The first-order valence-corrected chi connectivity index (χ1v) is 7.88. The number of hydrogen-bond acceptors (Lipinski definition) is 7. The van der Waals surface area contributed by atoms with Crippen molar-refractivity contribution in [1.82, 2.24) is 9.55 Å². The van der Waals surface area contributed by atoms with Crippen LogP contribution in [0.3, 0.4) is 0 Å². The van der Waals surface area contributed by atoms with Crippen molar-refractivity contribution in [2.75, 3.05) is 13.0 Å². The van der Waals surface area contributed by atoms with Gasteiger partial charge in [0, 0.05) is 11.8 Å². The molecule has 1 aliphatic rings. The van der Waals surface area contributed by atoms with E-state index >= 15 is 0 Å². The van der Waals surface area contributed by atoms with Gasteiger partial charge in [-0.2, -0.15) is 0 Å². The molecule has 128 valence electrons. The monoisotopic (exact) mass is 386 g/mol. The summed E-state index contributed by atoms with van der Waals surface area (Å²) in [4.78, 5) is 43.1. The van der Waals surface area contributed by atoms with Crippen LogP contribution in [0.2, 0.25) is 0 Å². The van der Waals surface area contributed by atoms with Crippen LogP contribution in [0.5, 0.6) is 0 Å². The molecule has 2 rings (SSSR count). The van der Waals surface area contributed by atoms with E-state index in [-0.39, 0.29) is 64.7 Å². The van der Waals surface area contributed by atoms with Gasteiger partial charge >= 0.3 is 72.4 Å². The molecule has 0 spiro atoms. The average molecular weight is 386 g/mol. The topological polar surface area (TPSA) is 171 Å². The standard InChI is InChI=1S/C10H15N2O9P.2Na.2H/c1-5-2-12(9(16)11-8(5)15)10(21-4-22(17,18)19)7(14)6(13)3-20-10;;;;/h2,6-7,13-14H,3-4H2,1H3,(H,11,15,16)(H2,17,18,19);;;;/t6-,7-,10+;;;;/m1..../s1. The number of hydrogen-bond donors (Lipinski definition) is 5. The van der Waals surface area contributed by atoms with Crippen molar-refractivity contribution in [2.24, 2.45) is 0 Å². The molecule has 0 saturated carbocycles. The number of ether oxygens (including phenoxy) is 2. The second-order valence-electron chi connectivity index (χ2n) is 4.83. The van der Waals surface area contributed by atoms with Gasteiger partial charge in [-0.3, -0.25) is 14.3 Å². The molecule has 3 atom stereocenters. The summed E-state index contributed by atoms with van der Waals surface area (Å²) in [5, 5.41) is 19.6. The Balaban J connectivity index is 0.00000264. The SMILES string of the molecule is Cc1cn([C@]2(OCP(=O)(O)O)OC[C@@H](O)[C@H]2O)c(=O)[nH]c1=O.[NaH].[NaH]. The molecule has 0 aromatic carbocycles. The maximum atomic E-state index is 11.9. The van der Waals surface area contributed by atoms with Crippen LogP contribution in [0.15, 0.2) is 15.8 Å². The second-order valence-corrected chi connectivity index (χ2v) is 6.42. The van der Waals surface area contributed by atoms with E-state index in [1.165, 1.54) is 6.92 Å². The van der Waals surface area contributed by atoms with Crippen molar-refractivity contribution < 1.29 is 34.0 Å². The zero-order valence-corrected chi connectivity index (χ0v) is 12.3. The van der Waals surface area contributed by atoms with Gasteiger partial charge in [0.15, 0.2) is 12.5 Å². The van der Waals surface area contributed by atoms with E-state index in [1.54, 1.807) is 0 Å². The van der Waals surface area contributed by atoms with Crippen LogP contribution in [-0.2, 0) is 19.9 Å². The molecule has 1 aromatic heterocycles. The summed E-state index contributed by atoms with van der Waals surface area (Å²) in [7, 11) is -4.65. The average Bonchev–Trinajstić information content (AvgIpc) is 2.69. The number of aliphatic hydroxyl groups is 2. The van der Waals surface area contributed by atoms with E-state index in [4.69, 9.17) is 19.3 Å². The number of H-pyrrole nitrogens is 1. The van der Waals surface area contributed by atoms with Crippen molar-refractivity contribution in [3.05, 3.63) is 32.6 Å². The fourth-order valence-electron chi connectivity index (χ4n) is 2.01. The van der Waals surface area contributed by atoms with Crippen LogP contribution in [0, 0.1) is 6.92 Å². The summed E-state index contributed by atoms with van der Waals surface area (Å²) >= 11 is 0. The molecule has 0 unspecified atom stereocenters. The summed E-state index contributed by atoms with van der Waals surface area (Å²) in [6, 6.07) is 0. The molecule has 24 heavy (non-hydrogen) atoms. The Hall–Kier alpha value is 0.670. The molecule has 2 heterocycles. The van der Waals surface area contributed by atoms with Crippen molar-refractivity contribution in [3.63, 3.8) is 0 Å².